The Morgan fingerprint density at radius 2 is 1.64 bits per heavy atom. The van der Waals surface area contributed by atoms with Gasteiger partial charge in [0, 0.05) is 17.3 Å². The highest BCUT2D eigenvalue weighted by Gasteiger charge is 2.72. The van der Waals surface area contributed by atoms with Gasteiger partial charge in [-0.1, -0.05) is 27.7 Å². The molecule has 9 N–H and O–H groups in total. The molecule has 4 aliphatic carbocycles. The quantitative estimate of drug-likeness (QED) is 0.166. The predicted molar refractivity (Wildman–Crippen MR) is 159 cm³/mol. The molecule has 2 unspecified atom stereocenters. The minimum atomic E-state index is -2.00. The van der Waals surface area contributed by atoms with Crippen LogP contribution in [-0.4, -0.2) is 124 Å². The Morgan fingerprint density at radius 1 is 0.978 bits per heavy atom. The zero-order chi connectivity index (χ0) is 33.5. The van der Waals surface area contributed by atoms with E-state index >= 15 is 0 Å². The Bertz CT molecular complexity index is 1160. The number of ether oxygens (including phenoxy) is 2. The van der Waals surface area contributed by atoms with Gasteiger partial charge in [-0.05, 0) is 81.3 Å². The van der Waals surface area contributed by atoms with Gasteiger partial charge in [0.15, 0.2) is 12.1 Å². The van der Waals surface area contributed by atoms with E-state index in [9.17, 15) is 50.8 Å². The maximum absolute atomic E-state index is 13.9. The van der Waals surface area contributed by atoms with Crippen LogP contribution in [0, 0.1) is 28.6 Å². The number of rotatable bonds is 8. The third-order valence-electron chi connectivity index (χ3n) is 12.8. The molecule has 0 aromatic heterocycles. The molecule has 1 heterocycles. The van der Waals surface area contributed by atoms with Crippen molar-refractivity contribution >= 4 is 5.78 Å². The molecule has 3 saturated carbocycles. The molecule has 12 nitrogen and oxygen atoms in total. The molecule has 12 heteroatoms. The van der Waals surface area contributed by atoms with Crippen molar-refractivity contribution in [1.29, 1.82) is 0 Å². The van der Waals surface area contributed by atoms with Crippen LogP contribution in [0.3, 0.4) is 0 Å². The number of aliphatic hydroxyl groups is 9. The summed E-state index contributed by atoms with van der Waals surface area (Å²) in [5.41, 5.74) is -6.51. The van der Waals surface area contributed by atoms with Gasteiger partial charge in [-0.2, -0.15) is 0 Å². The number of aliphatic hydroxyl groups excluding tert-OH is 6. The molecular formula is C33H54O12. The molecule has 258 valence electrons. The zero-order valence-corrected chi connectivity index (χ0v) is 27.0. The summed E-state index contributed by atoms with van der Waals surface area (Å²) in [7, 11) is 0. The van der Waals surface area contributed by atoms with Crippen LogP contribution in [0.2, 0.25) is 0 Å². The number of ketones is 1. The van der Waals surface area contributed by atoms with E-state index in [2.05, 4.69) is 13.8 Å². The van der Waals surface area contributed by atoms with E-state index < -0.39 is 101 Å². The second-order valence-corrected chi connectivity index (χ2v) is 15.8. The molecule has 45 heavy (non-hydrogen) atoms. The standard InChI is InChI=1S/C33H54O12/c1-16(2)6-7-23(36)31(5,41)22-9-11-32(42)18-12-24(37)33(43)14-20(44-28-27(40)26(39)25(38)21(15-34)45-28)19(35)13-30(33,4)17(18)8-10-29(22,32)3/h12,16-17,19-23,25-28,34-36,38-43H,6-11,13-15H2,1-5H3/t17-,19-,20+,21+,22?,23+,25+,26-,27+,28+,29+,30+,31+,32?,33+/m0/s1. The summed E-state index contributed by atoms with van der Waals surface area (Å²) < 4.78 is 11.3. The molecule has 5 aliphatic rings. The van der Waals surface area contributed by atoms with Crippen LogP contribution in [0.4, 0.5) is 0 Å². The molecule has 0 aromatic carbocycles. The summed E-state index contributed by atoms with van der Waals surface area (Å²) in [4.78, 5) is 13.9. The summed E-state index contributed by atoms with van der Waals surface area (Å²) >= 11 is 0. The molecule has 0 aromatic rings. The lowest BCUT2D eigenvalue weighted by molar-refractivity contribution is -0.327. The number of fused-ring (bicyclic) bond motifs is 5. The summed E-state index contributed by atoms with van der Waals surface area (Å²) in [5.74, 6) is -1.21. The molecule has 0 spiro atoms. The van der Waals surface area contributed by atoms with Gasteiger partial charge in [-0.25, -0.2) is 0 Å². The maximum atomic E-state index is 13.9. The molecular weight excluding hydrogens is 588 g/mol. The van der Waals surface area contributed by atoms with Gasteiger partial charge in [0.25, 0.3) is 0 Å². The lowest BCUT2D eigenvalue weighted by atomic mass is 9.44. The summed E-state index contributed by atoms with van der Waals surface area (Å²) in [5, 5.41) is 99.0. The van der Waals surface area contributed by atoms with Crippen molar-refractivity contribution in [1.82, 2.24) is 0 Å². The average Bonchev–Trinajstić information content (AvgIpc) is 3.26. The van der Waals surface area contributed by atoms with Crippen molar-refractivity contribution in [2.75, 3.05) is 6.61 Å². The molecule has 0 bridgehead atoms. The van der Waals surface area contributed by atoms with E-state index in [1.807, 2.05) is 6.92 Å². The lowest BCUT2D eigenvalue weighted by Gasteiger charge is -2.63. The first-order valence-corrected chi connectivity index (χ1v) is 16.5. The normalized spacial score (nSPS) is 50.3. The fourth-order valence-electron chi connectivity index (χ4n) is 9.78. The Kier molecular flexibility index (Phi) is 9.28. The van der Waals surface area contributed by atoms with Crippen molar-refractivity contribution in [3.05, 3.63) is 11.6 Å². The van der Waals surface area contributed by atoms with Crippen molar-refractivity contribution in [3.8, 4) is 0 Å². The molecule has 0 amide bonds. The monoisotopic (exact) mass is 642 g/mol. The van der Waals surface area contributed by atoms with Gasteiger partial charge in [0.05, 0.1) is 36.1 Å². The minimum Gasteiger partial charge on any atom is -0.394 e. The number of carbonyl (C=O) groups is 1. The van der Waals surface area contributed by atoms with E-state index in [1.54, 1.807) is 13.8 Å². The predicted octanol–water partition coefficient (Wildman–Crippen LogP) is -0.322. The molecule has 15 atom stereocenters. The number of hydrogen-bond donors (Lipinski definition) is 9. The second-order valence-electron chi connectivity index (χ2n) is 15.8. The van der Waals surface area contributed by atoms with Crippen molar-refractivity contribution < 1.29 is 60.2 Å². The lowest BCUT2D eigenvalue weighted by Crippen LogP contribution is -2.70. The third-order valence-corrected chi connectivity index (χ3v) is 12.8. The molecule has 5 rings (SSSR count). The van der Waals surface area contributed by atoms with E-state index in [1.165, 1.54) is 6.08 Å². The van der Waals surface area contributed by atoms with Crippen LogP contribution in [0.5, 0.6) is 0 Å². The van der Waals surface area contributed by atoms with Crippen molar-refractivity contribution in [3.63, 3.8) is 0 Å². The minimum absolute atomic E-state index is 0.0822. The second kappa shape index (κ2) is 11.8. The van der Waals surface area contributed by atoms with Gasteiger partial charge in [0.1, 0.15) is 30.0 Å². The fraction of sp³-hybridized carbons (Fsp3) is 0.909. The van der Waals surface area contributed by atoms with E-state index in [-0.39, 0.29) is 19.3 Å². The van der Waals surface area contributed by atoms with Crippen molar-refractivity contribution in [2.24, 2.45) is 28.6 Å². The van der Waals surface area contributed by atoms with Crippen LogP contribution >= 0.6 is 0 Å². The SMILES string of the molecule is CC(C)CC[C@@H](O)[C@](C)(O)C1CCC2(O)C3=CC(=O)[C@]4(O)C[C@@H](O[C@@H]5O[C@H](CO)[C@@H](O)[C@H](O)[C@H]5O)[C@@H](O)C[C@]4(C)[C@H]3CC[C@]12C. The summed E-state index contributed by atoms with van der Waals surface area (Å²) in [6, 6.07) is 0. The third kappa shape index (κ3) is 5.18. The van der Waals surface area contributed by atoms with Crippen LogP contribution in [0.1, 0.15) is 86.0 Å². The Labute approximate surface area is 264 Å². The van der Waals surface area contributed by atoms with Gasteiger partial charge in [0.2, 0.25) is 0 Å². The highest BCUT2D eigenvalue weighted by molar-refractivity contribution is 6.00. The van der Waals surface area contributed by atoms with Gasteiger partial charge < -0.3 is 55.4 Å². The Hall–Kier alpha value is -1.03. The van der Waals surface area contributed by atoms with Gasteiger partial charge in [-0.3, -0.25) is 4.79 Å². The van der Waals surface area contributed by atoms with E-state index in [0.717, 1.165) is 6.42 Å². The zero-order valence-electron chi connectivity index (χ0n) is 27.0. The first-order chi connectivity index (χ1) is 20.8. The van der Waals surface area contributed by atoms with Gasteiger partial charge >= 0.3 is 0 Å². The van der Waals surface area contributed by atoms with Gasteiger partial charge in [-0.15, -0.1) is 0 Å². The summed E-state index contributed by atoms with van der Waals surface area (Å²) in [6.45, 7) is 8.73. The Balaban J connectivity index is 1.42. The average molecular weight is 643 g/mol. The molecule has 1 saturated heterocycles. The van der Waals surface area contributed by atoms with Crippen LogP contribution in [0.25, 0.3) is 0 Å². The molecule has 4 fully saturated rings. The topological polar surface area (TPSA) is 218 Å². The maximum Gasteiger partial charge on any atom is 0.187 e. The number of hydrogen-bond acceptors (Lipinski definition) is 12. The highest BCUT2D eigenvalue weighted by Crippen LogP contribution is 2.69. The molecule has 0 radical (unpaired) electrons. The first-order valence-electron chi connectivity index (χ1n) is 16.5. The van der Waals surface area contributed by atoms with Crippen LogP contribution < -0.4 is 0 Å². The fourth-order valence-corrected chi connectivity index (χ4v) is 9.78. The smallest absolute Gasteiger partial charge is 0.187 e. The summed E-state index contributed by atoms with van der Waals surface area (Å²) in [6.07, 6.45) is -7.48. The van der Waals surface area contributed by atoms with Crippen molar-refractivity contribution in [2.45, 2.75) is 152 Å². The largest absolute Gasteiger partial charge is 0.394 e. The Morgan fingerprint density at radius 3 is 2.27 bits per heavy atom. The molecule has 1 aliphatic heterocycles. The number of carbonyl (C=O) groups excluding carboxylic acids is 1. The van der Waals surface area contributed by atoms with E-state index in [0.29, 0.717) is 37.2 Å². The van der Waals surface area contributed by atoms with E-state index in [4.69, 9.17) is 9.47 Å². The van der Waals surface area contributed by atoms with Crippen LogP contribution in [-0.2, 0) is 14.3 Å². The first kappa shape index (κ1) is 35.3. The highest BCUT2D eigenvalue weighted by atomic mass is 16.7. The van der Waals surface area contributed by atoms with Crippen LogP contribution in [0.15, 0.2) is 11.6 Å².